The highest BCUT2D eigenvalue weighted by atomic mass is 16.5. The molecule has 1 saturated heterocycles. The monoisotopic (exact) mass is 431 g/mol. The first-order chi connectivity index (χ1) is 15.7. The second-order valence-electron chi connectivity index (χ2n) is 7.90. The second-order valence-corrected chi connectivity index (χ2v) is 7.90. The molecular formula is C26H29N3O3. The second kappa shape index (κ2) is 10.9. The first kappa shape index (κ1) is 22.0. The topological polar surface area (TPSA) is 73.3 Å². The van der Waals surface area contributed by atoms with Gasteiger partial charge in [-0.05, 0) is 25.3 Å². The summed E-state index contributed by atoms with van der Waals surface area (Å²) >= 11 is 0. The summed E-state index contributed by atoms with van der Waals surface area (Å²) < 4.78 is 11.1. The summed E-state index contributed by atoms with van der Waals surface area (Å²) in [6.07, 6.45) is 4.92. The van der Waals surface area contributed by atoms with Gasteiger partial charge in [-0.2, -0.15) is 0 Å². The van der Waals surface area contributed by atoms with Gasteiger partial charge in [-0.15, -0.1) is 0 Å². The Kier molecular flexibility index (Phi) is 7.46. The van der Waals surface area contributed by atoms with Gasteiger partial charge in [0.05, 0.1) is 30.3 Å². The van der Waals surface area contributed by atoms with Crippen LogP contribution in [0.15, 0.2) is 66.9 Å². The first-order valence-electron chi connectivity index (χ1n) is 11.2. The number of nitrogens with one attached hydrogen (secondary N) is 1. The highest BCUT2D eigenvalue weighted by molar-refractivity contribution is 5.79. The molecule has 1 aliphatic rings. The van der Waals surface area contributed by atoms with Crippen LogP contribution in [0.2, 0.25) is 0 Å². The van der Waals surface area contributed by atoms with Crippen molar-refractivity contribution in [1.82, 2.24) is 9.97 Å². The van der Waals surface area contributed by atoms with Gasteiger partial charge in [0.2, 0.25) is 0 Å². The lowest BCUT2D eigenvalue weighted by Gasteiger charge is -2.22. The Morgan fingerprint density at radius 2 is 1.91 bits per heavy atom. The fourth-order valence-corrected chi connectivity index (χ4v) is 3.92. The minimum Gasteiger partial charge on any atom is -0.464 e. The molecule has 0 saturated carbocycles. The molecule has 2 unspecified atom stereocenters. The van der Waals surface area contributed by atoms with Crippen LogP contribution in [-0.2, 0) is 20.7 Å². The predicted molar refractivity (Wildman–Crippen MR) is 124 cm³/mol. The van der Waals surface area contributed by atoms with E-state index in [1.807, 2.05) is 55.5 Å². The van der Waals surface area contributed by atoms with E-state index in [1.165, 1.54) is 0 Å². The zero-order chi connectivity index (χ0) is 22.2. The lowest BCUT2D eigenvalue weighted by atomic mass is 10.1. The predicted octanol–water partition coefficient (Wildman–Crippen LogP) is 4.65. The van der Waals surface area contributed by atoms with Crippen LogP contribution in [0.4, 0.5) is 5.82 Å². The molecule has 6 nitrogen and oxygen atoms in total. The van der Waals surface area contributed by atoms with Gasteiger partial charge in [-0.3, -0.25) is 0 Å². The van der Waals surface area contributed by atoms with Gasteiger partial charge in [-0.1, -0.05) is 60.7 Å². The van der Waals surface area contributed by atoms with Gasteiger partial charge in [0.15, 0.2) is 0 Å². The van der Waals surface area contributed by atoms with Gasteiger partial charge < -0.3 is 14.8 Å². The maximum atomic E-state index is 12.7. The number of anilines is 1. The molecule has 4 rings (SSSR count). The van der Waals surface area contributed by atoms with Gasteiger partial charge in [-0.25, -0.2) is 14.8 Å². The molecule has 0 spiro atoms. The molecule has 6 heteroatoms. The van der Waals surface area contributed by atoms with Crippen LogP contribution in [0.3, 0.4) is 0 Å². The van der Waals surface area contributed by atoms with E-state index < -0.39 is 6.04 Å². The molecule has 1 aliphatic heterocycles. The van der Waals surface area contributed by atoms with Crippen molar-refractivity contribution in [2.45, 2.75) is 44.8 Å². The van der Waals surface area contributed by atoms with Crippen LogP contribution < -0.4 is 5.32 Å². The molecule has 3 aromatic rings. The summed E-state index contributed by atoms with van der Waals surface area (Å²) in [5.74, 6) is 0.312. The van der Waals surface area contributed by atoms with E-state index >= 15 is 0 Å². The highest BCUT2D eigenvalue weighted by Gasteiger charge is 2.28. The molecule has 32 heavy (non-hydrogen) atoms. The molecule has 0 amide bonds. The molecule has 0 aliphatic carbocycles. The molecule has 2 atom stereocenters. The standard InChI is InChI=1S/C26H29N3O3/c1-2-31-26(30)23(17-21-14-9-15-32-21)29-25-22(16-19-10-5-3-6-11-19)28-24(18-27-25)20-12-7-4-8-13-20/h3-8,10-13,18,21,23H,2,9,14-17H2,1H3,(H,27,29). The third-order valence-electron chi connectivity index (χ3n) is 5.53. The van der Waals surface area contributed by atoms with Crippen LogP contribution in [0, 0.1) is 0 Å². The van der Waals surface area contributed by atoms with Crippen molar-refractivity contribution in [3.05, 3.63) is 78.1 Å². The fraction of sp³-hybridized carbons (Fsp3) is 0.346. The Morgan fingerprint density at radius 1 is 1.16 bits per heavy atom. The van der Waals surface area contributed by atoms with E-state index in [0.29, 0.717) is 25.3 Å². The third kappa shape index (κ3) is 5.71. The third-order valence-corrected chi connectivity index (χ3v) is 5.53. The summed E-state index contributed by atoms with van der Waals surface area (Å²) in [5, 5.41) is 3.33. The quantitative estimate of drug-likeness (QED) is 0.497. The molecule has 0 bridgehead atoms. The zero-order valence-corrected chi connectivity index (χ0v) is 18.4. The smallest absolute Gasteiger partial charge is 0.328 e. The summed E-state index contributed by atoms with van der Waals surface area (Å²) in [6.45, 7) is 2.89. The average molecular weight is 432 g/mol. The Bertz CT molecular complexity index is 1010. The van der Waals surface area contributed by atoms with E-state index in [0.717, 1.165) is 42.0 Å². The number of carbonyl (C=O) groups excluding carboxylic acids is 1. The Labute approximate surface area is 189 Å². The molecule has 1 N–H and O–H groups in total. The number of aromatic nitrogens is 2. The van der Waals surface area contributed by atoms with Crippen molar-refractivity contribution in [3.8, 4) is 11.3 Å². The highest BCUT2D eigenvalue weighted by Crippen LogP contribution is 2.24. The molecular weight excluding hydrogens is 402 g/mol. The Hall–Kier alpha value is -3.25. The van der Waals surface area contributed by atoms with Crippen LogP contribution >= 0.6 is 0 Å². The number of hydrogen-bond donors (Lipinski definition) is 1. The van der Waals surface area contributed by atoms with Crippen LogP contribution in [-0.4, -0.2) is 41.3 Å². The average Bonchev–Trinajstić information content (AvgIpc) is 3.34. The minimum absolute atomic E-state index is 0.0473. The van der Waals surface area contributed by atoms with Gasteiger partial charge in [0, 0.05) is 25.0 Å². The molecule has 0 radical (unpaired) electrons. The number of carbonyl (C=O) groups is 1. The van der Waals surface area contributed by atoms with Crippen molar-refractivity contribution < 1.29 is 14.3 Å². The largest absolute Gasteiger partial charge is 0.464 e. The minimum atomic E-state index is -0.538. The lowest BCUT2D eigenvalue weighted by molar-refractivity contribution is -0.144. The number of rotatable bonds is 9. The summed E-state index contributed by atoms with van der Waals surface area (Å²) in [5.41, 5.74) is 3.72. The van der Waals surface area contributed by atoms with Gasteiger partial charge in [0.25, 0.3) is 0 Å². The van der Waals surface area contributed by atoms with E-state index in [9.17, 15) is 4.79 Å². The van der Waals surface area contributed by atoms with E-state index in [2.05, 4.69) is 22.4 Å². The number of esters is 1. The maximum Gasteiger partial charge on any atom is 0.328 e. The van der Waals surface area contributed by atoms with Crippen molar-refractivity contribution in [3.63, 3.8) is 0 Å². The summed E-state index contributed by atoms with van der Waals surface area (Å²) in [6, 6.07) is 19.6. The number of ether oxygens (including phenoxy) is 2. The maximum absolute atomic E-state index is 12.7. The fourth-order valence-electron chi connectivity index (χ4n) is 3.92. The van der Waals surface area contributed by atoms with Crippen molar-refractivity contribution in [1.29, 1.82) is 0 Å². The van der Waals surface area contributed by atoms with Crippen LogP contribution in [0.5, 0.6) is 0 Å². The van der Waals surface area contributed by atoms with E-state index in [-0.39, 0.29) is 12.1 Å². The molecule has 1 aromatic heterocycles. The molecule has 2 aromatic carbocycles. The number of benzene rings is 2. The SMILES string of the molecule is CCOC(=O)C(CC1CCCO1)Nc1ncc(-c2ccccc2)nc1Cc1ccccc1. The zero-order valence-electron chi connectivity index (χ0n) is 18.4. The van der Waals surface area contributed by atoms with Crippen LogP contribution in [0.25, 0.3) is 11.3 Å². The Morgan fingerprint density at radius 3 is 2.59 bits per heavy atom. The Balaban J connectivity index is 1.64. The molecule has 2 heterocycles. The van der Waals surface area contributed by atoms with Crippen molar-refractivity contribution in [2.75, 3.05) is 18.5 Å². The number of nitrogens with zero attached hydrogens (tertiary/aromatic N) is 2. The van der Waals surface area contributed by atoms with Gasteiger partial charge >= 0.3 is 5.97 Å². The van der Waals surface area contributed by atoms with Crippen molar-refractivity contribution in [2.24, 2.45) is 0 Å². The molecule has 166 valence electrons. The normalized spacial score (nSPS) is 16.5. The number of hydrogen-bond acceptors (Lipinski definition) is 6. The van der Waals surface area contributed by atoms with E-state index in [4.69, 9.17) is 14.5 Å². The summed E-state index contributed by atoms with van der Waals surface area (Å²) in [7, 11) is 0. The lowest BCUT2D eigenvalue weighted by Crippen LogP contribution is -2.35. The van der Waals surface area contributed by atoms with E-state index in [1.54, 1.807) is 6.20 Å². The van der Waals surface area contributed by atoms with Gasteiger partial charge in [0.1, 0.15) is 11.9 Å². The van der Waals surface area contributed by atoms with Crippen molar-refractivity contribution >= 4 is 11.8 Å². The molecule has 1 fully saturated rings. The van der Waals surface area contributed by atoms with Crippen LogP contribution in [0.1, 0.15) is 37.4 Å². The summed E-state index contributed by atoms with van der Waals surface area (Å²) in [4.78, 5) is 22.3. The first-order valence-corrected chi connectivity index (χ1v) is 11.2.